The molecular weight excluding hydrogens is 124 g/mol. The summed E-state index contributed by atoms with van der Waals surface area (Å²) >= 11 is 0. The first kappa shape index (κ1) is 5.14. The average molecular weight is 134 g/mol. The summed E-state index contributed by atoms with van der Waals surface area (Å²) in [4.78, 5) is 0. The summed E-state index contributed by atoms with van der Waals surface area (Å²) in [5.41, 5.74) is 0. The van der Waals surface area contributed by atoms with Crippen molar-refractivity contribution in [2.75, 3.05) is 0 Å². The van der Waals surface area contributed by atoms with Gasteiger partial charge in [-0.1, -0.05) is 24.3 Å². The molecule has 0 saturated carbocycles. The second-order valence-electron chi connectivity index (χ2n) is 3.36. The van der Waals surface area contributed by atoms with Crippen LogP contribution in [0.4, 0.5) is 0 Å². The molecule has 3 rings (SSSR count). The van der Waals surface area contributed by atoms with Crippen LogP contribution in [0.3, 0.4) is 0 Å². The summed E-state index contributed by atoms with van der Waals surface area (Å²) in [5, 5.41) is 0. The molecule has 1 nitrogen and oxygen atoms in total. The minimum absolute atomic E-state index is 0.425. The van der Waals surface area contributed by atoms with Crippen molar-refractivity contribution in [2.24, 2.45) is 11.8 Å². The van der Waals surface area contributed by atoms with Crippen molar-refractivity contribution in [2.45, 2.75) is 18.6 Å². The maximum Gasteiger partial charge on any atom is 0.0831 e. The number of allylic oxidation sites excluding steroid dienone is 1. The van der Waals surface area contributed by atoms with Gasteiger partial charge >= 0.3 is 0 Å². The quantitative estimate of drug-likeness (QED) is 0.456. The predicted octanol–water partition coefficient (Wildman–Crippen LogP) is 1.52. The number of rotatable bonds is 0. The molecule has 2 bridgehead atoms. The third-order valence-electron chi connectivity index (χ3n) is 2.87. The monoisotopic (exact) mass is 134 g/mol. The highest BCUT2D eigenvalue weighted by Gasteiger charge is 2.45. The molecule has 0 spiro atoms. The summed E-state index contributed by atoms with van der Waals surface area (Å²) in [7, 11) is 0. The smallest absolute Gasteiger partial charge is 0.0831 e. The van der Waals surface area contributed by atoms with Gasteiger partial charge in [-0.2, -0.15) is 0 Å². The van der Waals surface area contributed by atoms with Crippen LogP contribution < -0.4 is 0 Å². The van der Waals surface area contributed by atoms with Crippen LogP contribution in [0.15, 0.2) is 24.3 Å². The summed E-state index contributed by atoms with van der Waals surface area (Å²) < 4.78 is 5.68. The van der Waals surface area contributed by atoms with Gasteiger partial charge in [0.1, 0.15) is 0 Å². The van der Waals surface area contributed by atoms with E-state index in [0.29, 0.717) is 12.2 Å². The molecule has 10 heavy (non-hydrogen) atoms. The van der Waals surface area contributed by atoms with E-state index in [1.54, 1.807) is 0 Å². The first-order valence-electron chi connectivity index (χ1n) is 3.95. The number of hydrogen-bond acceptors (Lipinski definition) is 1. The van der Waals surface area contributed by atoms with Gasteiger partial charge in [-0.25, -0.2) is 0 Å². The predicted molar refractivity (Wildman–Crippen MR) is 38.5 cm³/mol. The van der Waals surface area contributed by atoms with Crippen LogP contribution in [0.1, 0.15) is 6.42 Å². The molecule has 4 unspecified atom stereocenters. The first-order valence-corrected chi connectivity index (χ1v) is 3.95. The van der Waals surface area contributed by atoms with Crippen molar-refractivity contribution in [1.29, 1.82) is 0 Å². The zero-order valence-corrected chi connectivity index (χ0v) is 5.73. The molecule has 3 aliphatic rings. The van der Waals surface area contributed by atoms with Crippen molar-refractivity contribution in [3.63, 3.8) is 0 Å². The molecule has 52 valence electrons. The molecule has 1 aliphatic carbocycles. The summed E-state index contributed by atoms with van der Waals surface area (Å²) in [6, 6.07) is 0. The van der Waals surface area contributed by atoms with Gasteiger partial charge in [0.2, 0.25) is 0 Å². The molecule has 0 N–H and O–H groups in total. The van der Waals surface area contributed by atoms with E-state index >= 15 is 0 Å². The van der Waals surface area contributed by atoms with E-state index in [-0.39, 0.29) is 0 Å². The lowest BCUT2D eigenvalue weighted by Crippen LogP contribution is -2.17. The fraction of sp³-hybridized carbons (Fsp3) is 0.556. The Labute approximate surface area is 60.4 Å². The van der Waals surface area contributed by atoms with Gasteiger partial charge in [-0.05, 0) is 6.42 Å². The maximum atomic E-state index is 5.68. The molecule has 0 amide bonds. The van der Waals surface area contributed by atoms with Crippen LogP contribution in [0.25, 0.3) is 0 Å². The Morgan fingerprint density at radius 1 is 1.10 bits per heavy atom. The summed E-state index contributed by atoms with van der Waals surface area (Å²) in [6.45, 7) is 0. The van der Waals surface area contributed by atoms with Crippen LogP contribution in [-0.2, 0) is 4.74 Å². The fourth-order valence-electron chi connectivity index (χ4n) is 2.35. The van der Waals surface area contributed by atoms with E-state index in [2.05, 4.69) is 24.3 Å². The normalized spacial score (nSPS) is 54.4. The van der Waals surface area contributed by atoms with Gasteiger partial charge in [0.05, 0.1) is 12.2 Å². The van der Waals surface area contributed by atoms with Gasteiger partial charge in [0.25, 0.3) is 0 Å². The Kier molecular flexibility index (Phi) is 0.789. The van der Waals surface area contributed by atoms with Gasteiger partial charge < -0.3 is 4.74 Å². The first-order chi connectivity index (χ1) is 4.95. The summed E-state index contributed by atoms with van der Waals surface area (Å²) in [6.07, 6.45) is 11.2. The molecule has 0 aromatic carbocycles. The Hall–Kier alpha value is -0.560. The molecule has 1 fully saturated rings. The van der Waals surface area contributed by atoms with Crippen LogP contribution in [-0.4, -0.2) is 12.2 Å². The molecule has 0 radical (unpaired) electrons. The standard InChI is InChI=1S/C9H10O/c1-2-6-7(3-1)9-5-4-8(6)10-9/h1-2,4-9H,3H2. The second kappa shape index (κ2) is 1.54. The lowest BCUT2D eigenvalue weighted by molar-refractivity contribution is 0.105. The third kappa shape index (κ3) is 0.441. The van der Waals surface area contributed by atoms with Crippen LogP contribution >= 0.6 is 0 Å². The highest BCUT2D eigenvalue weighted by molar-refractivity contribution is 5.22. The number of ether oxygens (including phenoxy) is 1. The Balaban J connectivity index is 2.04. The lowest BCUT2D eigenvalue weighted by Gasteiger charge is -2.14. The van der Waals surface area contributed by atoms with Gasteiger partial charge in [-0.15, -0.1) is 0 Å². The Morgan fingerprint density at radius 2 is 2.00 bits per heavy atom. The van der Waals surface area contributed by atoms with E-state index in [0.717, 1.165) is 11.8 Å². The van der Waals surface area contributed by atoms with Gasteiger partial charge in [0, 0.05) is 11.8 Å². The Morgan fingerprint density at radius 3 is 2.90 bits per heavy atom. The molecule has 1 heteroatoms. The highest BCUT2D eigenvalue weighted by Crippen LogP contribution is 2.44. The van der Waals surface area contributed by atoms with Crippen LogP contribution in [0.2, 0.25) is 0 Å². The lowest BCUT2D eigenvalue weighted by atomic mass is 9.86. The van der Waals surface area contributed by atoms with Gasteiger partial charge in [-0.3, -0.25) is 0 Å². The zero-order valence-electron chi connectivity index (χ0n) is 5.73. The van der Waals surface area contributed by atoms with E-state index < -0.39 is 0 Å². The Bertz CT molecular complexity index is 217. The topological polar surface area (TPSA) is 9.23 Å². The zero-order chi connectivity index (χ0) is 6.55. The maximum absolute atomic E-state index is 5.68. The molecule has 2 heterocycles. The van der Waals surface area contributed by atoms with Crippen molar-refractivity contribution in [1.82, 2.24) is 0 Å². The van der Waals surface area contributed by atoms with Crippen molar-refractivity contribution < 1.29 is 4.74 Å². The van der Waals surface area contributed by atoms with E-state index in [9.17, 15) is 0 Å². The fourth-order valence-corrected chi connectivity index (χ4v) is 2.35. The van der Waals surface area contributed by atoms with Crippen LogP contribution in [0.5, 0.6) is 0 Å². The molecule has 1 saturated heterocycles. The molecular formula is C9H10O. The highest BCUT2D eigenvalue weighted by atomic mass is 16.5. The van der Waals surface area contributed by atoms with E-state index in [4.69, 9.17) is 4.74 Å². The second-order valence-corrected chi connectivity index (χ2v) is 3.36. The van der Waals surface area contributed by atoms with Crippen molar-refractivity contribution >= 4 is 0 Å². The van der Waals surface area contributed by atoms with Gasteiger partial charge in [0.15, 0.2) is 0 Å². The SMILES string of the molecule is C1=CC2C3C=CC(O3)C2C1. The van der Waals surface area contributed by atoms with Crippen molar-refractivity contribution in [3.05, 3.63) is 24.3 Å². The molecule has 2 aliphatic heterocycles. The minimum atomic E-state index is 0.425. The van der Waals surface area contributed by atoms with Crippen LogP contribution in [0, 0.1) is 11.8 Å². The minimum Gasteiger partial charge on any atom is -0.366 e. The number of fused-ring (bicyclic) bond motifs is 5. The molecule has 0 aromatic heterocycles. The molecule has 0 aromatic rings. The molecule has 4 atom stereocenters. The number of hydrogen-bond donors (Lipinski definition) is 0. The van der Waals surface area contributed by atoms with Crippen molar-refractivity contribution in [3.8, 4) is 0 Å². The third-order valence-corrected chi connectivity index (χ3v) is 2.87. The van der Waals surface area contributed by atoms with E-state index in [1.807, 2.05) is 0 Å². The summed E-state index contributed by atoms with van der Waals surface area (Å²) in [5.74, 6) is 1.50. The van der Waals surface area contributed by atoms with E-state index in [1.165, 1.54) is 6.42 Å². The average Bonchev–Trinajstić information content (AvgIpc) is 2.60. The largest absolute Gasteiger partial charge is 0.366 e.